The maximum Gasteiger partial charge on any atom is 0.148 e. The minimum Gasteiger partial charge on any atom is -0.369 e. The van der Waals surface area contributed by atoms with E-state index in [2.05, 4.69) is 31.4 Å². The van der Waals surface area contributed by atoms with Crippen LogP contribution in [-0.4, -0.2) is 23.3 Å². The normalized spacial score (nSPS) is 10.5. The summed E-state index contributed by atoms with van der Waals surface area (Å²) in [7, 11) is 0. The Bertz CT molecular complexity index is 469. The first-order valence-corrected chi connectivity index (χ1v) is 6.94. The summed E-state index contributed by atoms with van der Waals surface area (Å²) >= 11 is 5.08. The van der Waals surface area contributed by atoms with E-state index in [0.717, 1.165) is 33.1 Å². The maximum absolute atomic E-state index is 5.42. The van der Waals surface area contributed by atoms with Gasteiger partial charge in [-0.15, -0.1) is 21.5 Å². The lowest BCUT2D eigenvalue weighted by molar-refractivity contribution is 0.864. The molecule has 0 atom stereocenters. The zero-order valence-electron chi connectivity index (χ0n) is 9.19. The molecule has 2 aromatic heterocycles. The first-order valence-electron chi connectivity index (χ1n) is 5.33. The molecule has 0 unspecified atom stereocenters. The van der Waals surface area contributed by atoms with Gasteiger partial charge in [-0.2, -0.15) is 0 Å². The molecule has 0 saturated heterocycles. The molecule has 90 valence electrons. The number of nitrogens with zero attached hydrogens (tertiary/aromatic N) is 2. The van der Waals surface area contributed by atoms with Crippen LogP contribution < -0.4 is 11.1 Å². The minimum absolute atomic E-state index is 0.682. The standard InChI is InChI=1S/C11H13BrN4S/c12-10-4-3-9(17-10)8-2-5-11(16-15-8)14-7-1-6-13/h2-5H,1,6-7,13H2,(H,14,16). The summed E-state index contributed by atoms with van der Waals surface area (Å²) in [4.78, 5) is 1.11. The van der Waals surface area contributed by atoms with E-state index in [0.29, 0.717) is 6.54 Å². The Morgan fingerprint density at radius 3 is 2.71 bits per heavy atom. The summed E-state index contributed by atoms with van der Waals surface area (Å²) in [6.45, 7) is 1.51. The van der Waals surface area contributed by atoms with Crippen LogP contribution >= 0.6 is 27.3 Å². The fourth-order valence-electron chi connectivity index (χ4n) is 1.33. The number of thiophene rings is 1. The van der Waals surface area contributed by atoms with Gasteiger partial charge in [-0.3, -0.25) is 0 Å². The van der Waals surface area contributed by atoms with Crippen LogP contribution in [0.4, 0.5) is 5.82 Å². The first-order chi connectivity index (χ1) is 8.29. The molecule has 0 aliphatic heterocycles. The fraction of sp³-hybridized carbons (Fsp3) is 0.273. The van der Waals surface area contributed by atoms with Gasteiger partial charge < -0.3 is 11.1 Å². The molecule has 0 aliphatic rings. The van der Waals surface area contributed by atoms with Gasteiger partial charge in [0.15, 0.2) is 0 Å². The van der Waals surface area contributed by atoms with Crippen molar-refractivity contribution in [3.63, 3.8) is 0 Å². The molecule has 0 amide bonds. The molecule has 0 aliphatic carbocycles. The van der Waals surface area contributed by atoms with Crippen molar-refractivity contribution in [3.05, 3.63) is 28.1 Å². The number of nitrogens with one attached hydrogen (secondary N) is 1. The lowest BCUT2D eigenvalue weighted by atomic mass is 10.3. The van der Waals surface area contributed by atoms with Crippen LogP contribution in [0.15, 0.2) is 28.1 Å². The SMILES string of the molecule is NCCCNc1ccc(-c2ccc(Br)s2)nn1. The molecule has 17 heavy (non-hydrogen) atoms. The second kappa shape index (κ2) is 6.09. The Labute approximate surface area is 112 Å². The van der Waals surface area contributed by atoms with Gasteiger partial charge in [0.1, 0.15) is 11.5 Å². The van der Waals surface area contributed by atoms with Gasteiger partial charge in [0, 0.05) is 6.54 Å². The second-order valence-corrected chi connectivity index (χ2v) is 5.94. The Balaban J connectivity index is 2.02. The van der Waals surface area contributed by atoms with Crippen molar-refractivity contribution in [1.82, 2.24) is 10.2 Å². The molecule has 0 spiro atoms. The highest BCUT2D eigenvalue weighted by Crippen LogP contribution is 2.29. The monoisotopic (exact) mass is 312 g/mol. The molecular formula is C11H13BrN4S. The smallest absolute Gasteiger partial charge is 0.148 e. The van der Waals surface area contributed by atoms with Crippen molar-refractivity contribution in [2.24, 2.45) is 5.73 Å². The van der Waals surface area contributed by atoms with Crippen molar-refractivity contribution < 1.29 is 0 Å². The largest absolute Gasteiger partial charge is 0.369 e. The fourth-order valence-corrected chi connectivity index (χ4v) is 2.68. The Hall–Kier alpha value is -0.980. The van der Waals surface area contributed by atoms with Gasteiger partial charge >= 0.3 is 0 Å². The first kappa shape index (κ1) is 12.5. The number of anilines is 1. The van der Waals surface area contributed by atoms with Gasteiger partial charge in [-0.1, -0.05) is 0 Å². The molecule has 0 aromatic carbocycles. The topological polar surface area (TPSA) is 63.8 Å². The van der Waals surface area contributed by atoms with Gasteiger partial charge in [-0.25, -0.2) is 0 Å². The third-order valence-corrected chi connectivity index (χ3v) is 3.82. The van der Waals surface area contributed by atoms with E-state index >= 15 is 0 Å². The van der Waals surface area contributed by atoms with Gasteiger partial charge in [0.25, 0.3) is 0 Å². The van der Waals surface area contributed by atoms with Crippen LogP contribution in [0.2, 0.25) is 0 Å². The van der Waals surface area contributed by atoms with Crippen molar-refractivity contribution in [1.29, 1.82) is 0 Å². The summed E-state index contributed by atoms with van der Waals surface area (Å²) in [5.74, 6) is 0.790. The molecule has 0 radical (unpaired) electrons. The highest BCUT2D eigenvalue weighted by Gasteiger charge is 2.03. The van der Waals surface area contributed by atoms with Crippen LogP contribution in [0, 0.1) is 0 Å². The molecule has 0 fully saturated rings. The molecule has 4 nitrogen and oxygen atoms in total. The lowest BCUT2D eigenvalue weighted by Crippen LogP contribution is -2.09. The van der Waals surface area contributed by atoms with Crippen LogP contribution in [0.3, 0.4) is 0 Å². The number of hydrogen-bond acceptors (Lipinski definition) is 5. The second-order valence-electron chi connectivity index (χ2n) is 3.48. The van der Waals surface area contributed by atoms with E-state index in [4.69, 9.17) is 5.73 Å². The van der Waals surface area contributed by atoms with Crippen molar-refractivity contribution >= 4 is 33.1 Å². The van der Waals surface area contributed by atoms with Crippen molar-refractivity contribution in [3.8, 4) is 10.6 Å². The number of rotatable bonds is 5. The van der Waals surface area contributed by atoms with Crippen LogP contribution in [0.5, 0.6) is 0 Å². The van der Waals surface area contributed by atoms with Crippen LogP contribution in [0.1, 0.15) is 6.42 Å². The minimum atomic E-state index is 0.682. The summed E-state index contributed by atoms with van der Waals surface area (Å²) < 4.78 is 1.10. The van der Waals surface area contributed by atoms with E-state index in [1.165, 1.54) is 0 Å². The number of aromatic nitrogens is 2. The van der Waals surface area contributed by atoms with E-state index in [9.17, 15) is 0 Å². The van der Waals surface area contributed by atoms with Crippen LogP contribution in [-0.2, 0) is 0 Å². The highest BCUT2D eigenvalue weighted by molar-refractivity contribution is 9.11. The van der Waals surface area contributed by atoms with Gasteiger partial charge in [-0.05, 0) is 53.2 Å². The van der Waals surface area contributed by atoms with E-state index in [1.807, 2.05) is 24.3 Å². The molecule has 0 saturated carbocycles. The van der Waals surface area contributed by atoms with Crippen molar-refractivity contribution in [2.45, 2.75) is 6.42 Å². The average molecular weight is 313 g/mol. The zero-order valence-corrected chi connectivity index (χ0v) is 11.6. The Kier molecular flexibility index (Phi) is 4.47. The zero-order chi connectivity index (χ0) is 12.1. The number of halogens is 1. The third-order valence-electron chi connectivity index (χ3n) is 2.18. The number of nitrogens with two attached hydrogens (primary N) is 1. The molecular weight excluding hydrogens is 300 g/mol. The van der Waals surface area contributed by atoms with Crippen LogP contribution in [0.25, 0.3) is 10.6 Å². The predicted octanol–water partition coefficient (Wildman–Crippen LogP) is 2.73. The predicted molar refractivity (Wildman–Crippen MR) is 75.2 cm³/mol. The molecule has 2 heterocycles. The maximum atomic E-state index is 5.42. The quantitative estimate of drug-likeness (QED) is 0.833. The molecule has 6 heteroatoms. The molecule has 2 aromatic rings. The summed E-state index contributed by atoms with van der Waals surface area (Å²) in [5.41, 5.74) is 6.31. The number of hydrogen-bond donors (Lipinski definition) is 2. The Morgan fingerprint density at radius 2 is 2.12 bits per heavy atom. The highest BCUT2D eigenvalue weighted by atomic mass is 79.9. The van der Waals surface area contributed by atoms with E-state index in [-0.39, 0.29) is 0 Å². The summed E-state index contributed by atoms with van der Waals surface area (Å²) in [6.07, 6.45) is 0.932. The van der Waals surface area contributed by atoms with E-state index in [1.54, 1.807) is 11.3 Å². The third kappa shape index (κ3) is 3.49. The average Bonchev–Trinajstić information content (AvgIpc) is 2.77. The molecule has 2 rings (SSSR count). The van der Waals surface area contributed by atoms with Gasteiger partial charge in [0.05, 0.1) is 8.66 Å². The molecule has 3 N–H and O–H groups in total. The Morgan fingerprint density at radius 1 is 1.24 bits per heavy atom. The molecule has 0 bridgehead atoms. The van der Waals surface area contributed by atoms with Gasteiger partial charge in [0.2, 0.25) is 0 Å². The van der Waals surface area contributed by atoms with Crippen molar-refractivity contribution in [2.75, 3.05) is 18.4 Å². The lowest BCUT2D eigenvalue weighted by Gasteiger charge is -2.03. The summed E-state index contributed by atoms with van der Waals surface area (Å²) in [6, 6.07) is 7.94. The van der Waals surface area contributed by atoms with E-state index < -0.39 is 0 Å². The summed E-state index contributed by atoms with van der Waals surface area (Å²) in [5, 5.41) is 11.5.